The van der Waals surface area contributed by atoms with Crippen LogP contribution < -0.4 is 16.2 Å². The van der Waals surface area contributed by atoms with Crippen LogP contribution in [-0.4, -0.2) is 30.6 Å². The lowest BCUT2D eigenvalue weighted by molar-refractivity contribution is 0.0939. The monoisotopic (exact) mass is 452 g/mol. The van der Waals surface area contributed by atoms with E-state index in [0.717, 1.165) is 5.56 Å². The number of hydrogen-bond donors (Lipinski definition) is 2. The molecule has 168 valence electrons. The molecule has 34 heavy (non-hydrogen) atoms. The Labute approximate surface area is 193 Å². The highest BCUT2D eigenvalue weighted by Crippen LogP contribution is 2.09. The molecule has 0 fully saturated rings. The van der Waals surface area contributed by atoms with Crippen LogP contribution in [0.5, 0.6) is 0 Å². The molecule has 0 bridgehead atoms. The number of fused-ring (bicyclic) bond motifs is 2. The SMILES string of the molecule is O=C(NCc1ccccc1)c1ccc2nc(CNC(=O)c3cc(=O)n4ccccc4n3)cn2c1. The molecule has 4 aromatic heterocycles. The van der Waals surface area contributed by atoms with Gasteiger partial charge in [0.1, 0.15) is 17.0 Å². The van der Waals surface area contributed by atoms with Crippen molar-refractivity contribution < 1.29 is 9.59 Å². The standard InChI is InChI=1S/C25H20N6O3/c32-23-12-20(29-22-8-4-5-11-31(22)23)25(34)27-14-19-16-30-15-18(9-10-21(30)28-19)24(33)26-13-17-6-2-1-3-7-17/h1-12,15-16H,13-14H2,(H,26,33)(H,27,34). The van der Waals surface area contributed by atoms with Crippen molar-refractivity contribution in [1.82, 2.24) is 29.4 Å². The Morgan fingerprint density at radius 3 is 2.44 bits per heavy atom. The molecular weight excluding hydrogens is 432 g/mol. The number of nitrogens with zero attached hydrogens (tertiary/aromatic N) is 4. The molecule has 1 aromatic carbocycles. The number of benzene rings is 1. The second kappa shape index (κ2) is 8.99. The van der Waals surface area contributed by atoms with Gasteiger partial charge in [0, 0.05) is 31.2 Å². The lowest BCUT2D eigenvalue weighted by Crippen LogP contribution is -2.27. The number of carbonyl (C=O) groups is 2. The molecule has 0 spiro atoms. The first-order valence-electron chi connectivity index (χ1n) is 10.6. The van der Waals surface area contributed by atoms with Crippen LogP contribution in [0, 0.1) is 0 Å². The number of aromatic nitrogens is 4. The van der Waals surface area contributed by atoms with E-state index in [9.17, 15) is 14.4 Å². The summed E-state index contributed by atoms with van der Waals surface area (Å²) in [6, 6.07) is 19.5. The van der Waals surface area contributed by atoms with Gasteiger partial charge in [-0.15, -0.1) is 0 Å². The van der Waals surface area contributed by atoms with E-state index in [1.807, 2.05) is 30.3 Å². The first-order chi connectivity index (χ1) is 16.6. The van der Waals surface area contributed by atoms with Crippen molar-refractivity contribution in [1.29, 1.82) is 0 Å². The Hall–Kier alpha value is -4.79. The fourth-order valence-corrected chi connectivity index (χ4v) is 3.58. The zero-order chi connectivity index (χ0) is 23.5. The lowest BCUT2D eigenvalue weighted by Gasteiger charge is -2.05. The van der Waals surface area contributed by atoms with E-state index in [1.165, 1.54) is 10.5 Å². The Balaban J connectivity index is 1.26. The molecule has 0 atom stereocenters. The number of rotatable bonds is 6. The number of nitrogens with one attached hydrogen (secondary N) is 2. The van der Waals surface area contributed by atoms with E-state index in [2.05, 4.69) is 20.6 Å². The van der Waals surface area contributed by atoms with Crippen LogP contribution in [0.1, 0.15) is 32.1 Å². The zero-order valence-electron chi connectivity index (χ0n) is 18.0. The van der Waals surface area contributed by atoms with Gasteiger partial charge in [-0.3, -0.25) is 18.8 Å². The fraction of sp³-hybridized carbons (Fsp3) is 0.0800. The maximum atomic E-state index is 12.6. The summed E-state index contributed by atoms with van der Waals surface area (Å²) in [7, 11) is 0. The Kier molecular flexibility index (Phi) is 5.57. The number of carbonyl (C=O) groups excluding carboxylic acids is 2. The Morgan fingerprint density at radius 2 is 1.59 bits per heavy atom. The van der Waals surface area contributed by atoms with E-state index in [1.54, 1.807) is 53.3 Å². The molecule has 0 saturated heterocycles. The number of pyridine rings is 2. The van der Waals surface area contributed by atoms with E-state index in [0.29, 0.717) is 29.1 Å². The summed E-state index contributed by atoms with van der Waals surface area (Å²) in [6.07, 6.45) is 5.03. The van der Waals surface area contributed by atoms with Crippen LogP contribution in [0.4, 0.5) is 0 Å². The molecular formula is C25H20N6O3. The van der Waals surface area contributed by atoms with Gasteiger partial charge < -0.3 is 15.0 Å². The average molecular weight is 452 g/mol. The predicted octanol–water partition coefficient (Wildman–Crippen LogP) is 2.20. The van der Waals surface area contributed by atoms with Crippen molar-refractivity contribution in [2.75, 3.05) is 0 Å². The molecule has 0 unspecified atom stereocenters. The van der Waals surface area contributed by atoms with Gasteiger partial charge in [0.05, 0.1) is 17.8 Å². The third kappa shape index (κ3) is 4.40. The van der Waals surface area contributed by atoms with Gasteiger partial charge in [-0.2, -0.15) is 0 Å². The Morgan fingerprint density at radius 1 is 0.794 bits per heavy atom. The summed E-state index contributed by atoms with van der Waals surface area (Å²) in [5.74, 6) is -0.663. The van der Waals surface area contributed by atoms with Gasteiger partial charge in [-0.05, 0) is 29.8 Å². The highest BCUT2D eigenvalue weighted by Gasteiger charge is 2.12. The van der Waals surface area contributed by atoms with Gasteiger partial charge in [-0.1, -0.05) is 36.4 Å². The van der Waals surface area contributed by atoms with Crippen molar-refractivity contribution in [2.24, 2.45) is 0 Å². The Bertz CT molecular complexity index is 1570. The molecule has 2 amide bonds. The molecule has 0 radical (unpaired) electrons. The summed E-state index contributed by atoms with van der Waals surface area (Å²) >= 11 is 0. The highest BCUT2D eigenvalue weighted by molar-refractivity contribution is 5.94. The molecule has 2 N–H and O–H groups in total. The molecule has 0 aliphatic rings. The van der Waals surface area contributed by atoms with Crippen LogP contribution in [0.2, 0.25) is 0 Å². The summed E-state index contributed by atoms with van der Waals surface area (Å²) in [4.78, 5) is 46.0. The maximum absolute atomic E-state index is 12.6. The molecule has 9 heteroatoms. The molecule has 4 heterocycles. The largest absolute Gasteiger partial charge is 0.348 e. The van der Waals surface area contributed by atoms with Gasteiger partial charge in [0.15, 0.2) is 0 Å². The first-order valence-corrected chi connectivity index (χ1v) is 10.6. The van der Waals surface area contributed by atoms with Crippen molar-refractivity contribution >= 4 is 23.1 Å². The van der Waals surface area contributed by atoms with E-state index < -0.39 is 5.91 Å². The number of amides is 2. The molecule has 0 aliphatic carbocycles. The second-order valence-corrected chi connectivity index (χ2v) is 7.67. The van der Waals surface area contributed by atoms with Crippen LogP contribution >= 0.6 is 0 Å². The van der Waals surface area contributed by atoms with Crippen LogP contribution in [0.3, 0.4) is 0 Å². The molecule has 9 nitrogen and oxygen atoms in total. The molecule has 5 rings (SSSR count). The number of hydrogen-bond acceptors (Lipinski definition) is 5. The van der Waals surface area contributed by atoms with Crippen molar-refractivity contribution in [3.63, 3.8) is 0 Å². The summed E-state index contributed by atoms with van der Waals surface area (Å²) in [5, 5.41) is 5.64. The van der Waals surface area contributed by atoms with Crippen LogP contribution in [-0.2, 0) is 13.1 Å². The lowest BCUT2D eigenvalue weighted by atomic mass is 10.2. The third-order valence-corrected chi connectivity index (χ3v) is 5.29. The quantitative estimate of drug-likeness (QED) is 0.411. The van der Waals surface area contributed by atoms with Crippen LogP contribution in [0.15, 0.2) is 90.1 Å². The topological polar surface area (TPSA) is 110 Å². The fourth-order valence-electron chi connectivity index (χ4n) is 3.58. The van der Waals surface area contributed by atoms with E-state index in [-0.39, 0.29) is 23.7 Å². The van der Waals surface area contributed by atoms with Gasteiger partial charge >= 0.3 is 0 Å². The molecule has 0 saturated carbocycles. The minimum Gasteiger partial charge on any atom is -0.348 e. The smallest absolute Gasteiger partial charge is 0.270 e. The van der Waals surface area contributed by atoms with E-state index in [4.69, 9.17) is 0 Å². The van der Waals surface area contributed by atoms with Crippen molar-refractivity contribution in [3.05, 3.63) is 118 Å². The zero-order valence-corrected chi connectivity index (χ0v) is 18.0. The van der Waals surface area contributed by atoms with Crippen molar-refractivity contribution in [3.8, 4) is 0 Å². The van der Waals surface area contributed by atoms with Crippen LogP contribution in [0.25, 0.3) is 11.3 Å². The maximum Gasteiger partial charge on any atom is 0.270 e. The van der Waals surface area contributed by atoms with Crippen molar-refractivity contribution in [2.45, 2.75) is 13.1 Å². The number of imidazole rings is 1. The average Bonchev–Trinajstić information content (AvgIpc) is 3.28. The third-order valence-electron chi connectivity index (χ3n) is 5.29. The minimum atomic E-state index is -0.471. The minimum absolute atomic E-state index is 0.0392. The molecule has 5 aromatic rings. The normalized spacial score (nSPS) is 10.9. The first kappa shape index (κ1) is 21.1. The highest BCUT2D eigenvalue weighted by atomic mass is 16.2. The van der Waals surface area contributed by atoms with E-state index >= 15 is 0 Å². The molecule has 0 aliphatic heterocycles. The predicted molar refractivity (Wildman–Crippen MR) is 125 cm³/mol. The summed E-state index contributed by atoms with van der Waals surface area (Å²) < 4.78 is 3.10. The second-order valence-electron chi connectivity index (χ2n) is 7.67. The van der Waals surface area contributed by atoms with Gasteiger partial charge in [-0.25, -0.2) is 9.97 Å². The van der Waals surface area contributed by atoms with Gasteiger partial charge in [0.25, 0.3) is 17.4 Å². The summed E-state index contributed by atoms with van der Waals surface area (Å²) in [5.41, 5.74) is 2.86. The summed E-state index contributed by atoms with van der Waals surface area (Å²) in [6.45, 7) is 0.581. The van der Waals surface area contributed by atoms with Gasteiger partial charge in [0.2, 0.25) is 0 Å².